The molecule has 2 aliphatic rings. The zero-order chi connectivity index (χ0) is 23.8. The SMILES string of the molecule is CCOC(=O)C1=C(C)N=c2s/c(=C\c3cccc(OC)c3)c(=O)n2[C@H]1c1ccc2c(c1)OCO2. The van der Waals surface area contributed by atoms with Gasteiger partial charge in [0.15, 0.2) is 16.3 Å². The Morgan fingerprint density at radius 1 is 1.24 bits per heavy atom. The predicted molar refractivity (Wildman–Crippen MR) is 126 cm³/mol. The summed E-state index contributed by atoms with van der Waals surface area (Å²) in [4.78, 5) is 31.7. The largest absolute Gasteiger partial charge is 0.497 e. The maximum Gasteiger partial charge on any atom is 0.338 e. The lowest BCUT2D eigenvalue weighted by molar-refractivity contribution is -0.139. The van der Waals surface area contributed by atoms with Crippen LogP contribution in [-0.4, -0.2) is 31.0 Å². The summed E-state index contributed by atoms with van der Waals surface area (Å²) in [5.74, 6) is 1.37. The number of esters is 1. The van der Waals surface area contributed by atoms with Gasteiger partial charge in [0.25, 0.3) is 5.56 Å². The molecule has 0 fully saturated rings. The zero-order valence-corrected chi connectivity index (χ0v) is 19.7. The highest BCUT2D eigenvalue weighted by Gasteiger charge is 2.34. The van der Waals surface area contributed by atoms with E-state index in [1.165, 1.54) is 11.3 Å². The van der Waals surface area contributed by atoms with Crippen LogP contribution < -0.4 is 29.1 Å². The molecule has 2 aromatic carbocycles. The number of ether oxygens (including phenoxy) is 4. The van der Waals surface area contributed by atoms with Crippen molar-refractivity contribution in [1.82, 2.24) is 4.57 Å². The van der Waals surface area contributed by atoms with Gasteiger partial charge in [-0.05, 0) is 55.3 Å². The van der Waals surface area contributed by atoms with Crippen LogP contribution in [-0.2, 0) is 9.53 Å². The van der Waals surface area contributed by atoms with Crippen molar-refractivity contribution in [3.8, 4) is 17.2 Å². The van der Waals surface area contributed by atoms with Crippen molar-refractivity contribution in [2.24, 2.45) is 4.99 Å². The molecule has 2 aliphatic heterocycles. The Hall–Kier alpha value is -3.85. The smallest absolute Gasteiger partial charge is 0.338 e. The van der Waals surface area contributed by atoms with E-state index in [2.05, 4.69) is 4.99 Å². The molecule has 0 unspecified atom stereocenters. The molecule has 0 bridgehead atoms. The number of hydrogen-bond acceptors (Lipinski definition) is 8. The average Bonchev–Trinajstić information content (AvgIpc) is 3.42. The quantitative estimate of drug-likeness (QED) is 0.524. The summed E-state index contributed by atoms with van der Waals surface area (Å²) in [6.07, 6.45) is 1.80. The highest BCUT2D eigenvalue weighted by Crippen LogP contribution is 2.38. The molecule has 0 amide bonds. The predicted octanol–water partition coefficient (Wildman–Crippen LogP) is 2.54. The third kappa shape index (κ3) is 3.77. The lowest BCUT2D eigenvalue weighted by atomic mass is 9.95. The van der Waals surface area contributed by atoms with Crippen molar-refractivity contribution in [3.05, 3.63) is 84.5 Å². The standard InChI is InChI=1S/C25H22N2O6S/c1-4-31-24(29)21-14(2)26-25-27(22(21)16-8-9-18-19(12-16)33-13-32-18)23(28)20(34-25)11-15-6-5-7-17(10-15)30-3/h5-12,22H,4,13H2,1-3H3/b20-11-/t22-/m0/s1. The first-order valence-electron chi connectivity index (χ1n) is 10.7. The van der Waals surface area contributed by atoms with Crippen LogP contribution >= 0.6 is 11.3 Å². The monoisotopic (exact) mass is 478 g/mol. The molecule has 5 rings (SSSR count). The molecule has 0 radical (unpaired) electrons. The summed E-state index contributed by atoms with van der Waals surface area (Å²) in [7, 11) is 1.60. The van der Waals surface area contributed by atoms with E-state index in [9.17, 15) is 9.59 Å². The van der Waals surface area contributed by atoms with E-state index >= 15 is 0 Å². The summed E-state index contributed by atoms with van der Waals surface area (Å²) in [5.41, 5.74) is 2.11. The molecule has 3 heterocycles. The van der Waals surface area contributed by atoms with Gasteiger partial charge in [-0.1, -0.05) is 29.5 Å². The minimum absolute atomic E-state index is 0.127. The van der Waals surface area contributed by atoms with Crippen LogP contribution in [0.3, 0.4) is 0 Å². The van der Waals surface area contributed by atoms with E-state index in [0.717, 1.165) is 5.56 Å². The van der Waals surface area contributed by atoms with Gasteiger partial charge < -0.3 is 18.9 Å². The Morgan fingerprint density at radius 3 is 2.85 bits per heavy atom. The van der Waals surface area contributed by atoms with Gasteiger partial charge in [0, 0.05) is 0 Å². The van der Waals surface area contributed by atoms with Crippen LogP contribution in [0.4, 0.5) is 0 Å². The van der Waals surface area contributed by atoms with Gasteiger partial charge in [-0.2, -0.15) is 0 Å². The molecule has 1 aromatic heterocycles. The van der Waals surface area contributed by atoms with Crippen LogP contribution in [0, 0.1) is 0 Å². The van der Waals surface area contributed by atoms with Gasteiger partial charge in [-0.3, -0.25) is 9.36 Å². The van der Waals surface area contributed by atoms with E-state index in [-0.39, 0.29) is 19.0 Å². The van der Waals surface area contributed by atoms with Crippen molar-refractivity contribution in [2.75, 3.05) is 20.5 Å². The summed E-state index contributed by atoms with van der Waals surface area (Å²) in [5, 5.41) is 0. The van der Waals surface area contributed by atoms with Gasteiger partial charge in [0.05, 0.1) is 35.6 Å². The summed E-state index contributed by atoms with van der Waals surface area (Å²) in [6, 6.07) is 12.1. The Balaban J connectivity index is 1.71. The maximum atomic E-state index is 13.6. The summed E-state index contributed by atoms with van der Waals surface area (Å²) in [6.45, 7) is 3.84. The molecule has 1 atom stereocenters. The van der Waals surface area contributed by atoms with Gasteiger partial charge in [0.2, 0.25) is 6.79 Å². The van der Waals surface area contributed by atoms with Crippen molar-refractivity contribution < 1.29 is 23.7 Å². The number of benzene rings is 2. The van der Waals surface area contributed by atoms with Gasteiger partial charge >= 0.3 is 5.97 Å². The molecular weight excluding hydrogens is 456 g/mol. The molecule has 9 heteroatoms. The second-order valence-electron chi connectivity index (χ2n) is 7.69. The second kappa shape index (κ2) is 8.83. The third-order valence-corrected chi connectivity index (χ3v) is 6.60. The number of allylic oxidation sites excluding steroid dienone is 1. The van der Waals surface area contributed by atoms with Crippen molar-refractivity contribution in [2.45, 2.75) is 19.9 Å². The van der Waals surface area contributed by atoms with E-state index in [4.69, 9.17) is 18.9 Å². The maximum absolute atomic E-state index is 13.6. The molecule has 0 N–H and O–H groups in total. The lowest BCUT2D eigenvalue weighted by Crippen LogP contribution is -2.39. The first-order valence-corrected chi connectivity index (χ1v) is 11.5. The molecule has 0 aliphatic carbocycles. The highest BCUT2D eigenvalue weighted by molar-refractivity contribution is 7.07. The summed E-state index contributed by atoms with van der Waals surface area (Å²) < 4.78 is 23.6. The number of methoxy groups -OCH3 is 1. The van der Waals surface area contributed by atoms with E-state index < -0.39 is 12.0 Å². The molecule has 174 valence electrons. The normalized spacial score (nSPS) is 16.8. The van der Waals surface area contributed by atoms with Crippen molar-refractivity contribution >= 4 is 23.4 Å². The second-order valence-corrected chi connectivity index (χ2v) is 8.70. The first kappa shape index (κ1) is 22.0. The fraction of sp³-hybridized carbons (Fsp3) is 0.240. The van der Waals surface area contributed by atoms with E-state index in [1.807, 2.05) is 30.3 Å². The molecule has 3 aromatic rings. The van der Waals surface area contributed by atoms with Crippen LogP contribution in [0.15, 0.2) is 63.5 Å². The van der Waals surface area contributed by atoms with Crippen LogP contribution in [0.2, 0.25) is 0 Å². The van der Waals surface area contributed by atoms with Gasteiger partial charge in [-0.15, -0.1) is 0 Å². The van der Waals surface area contributed by atoms with Crippen LogP contribution in [0.5, 0.6) is 17.2 Å². The Labute approximate surface area is 199 Å². The molecule has 0 spiro atoms. The minimum atomic E-state index is -0.711. The summed E-state index contributed by atoms with van der Waals surface area (Å²) >= 11 is 1.27. The Bertz CT molecular complexity index is 1500. The number of carbonyl (C=O) groups excluding carboxylic acids is 1. The van der Waals surface area contributed by atoms with Gasteiger partial charge in [0.1, 0.15) is 5.75 Å². The van der Waals surface area contributed by atoms with Crippen LogP contribution in [0.1, 0.15) is 31.0 Å². The number of carbonyl (C=O) groups is 1. The minimum Gasteiger partial charge on any atom is -0.497 e. The van der Waals surface area contributed by atoms with E-state index in [1.54, 1.807) is 43.7 Å². The van der Waals surface area contributed by atoms with Gasteiger partial charge in [-0.25, -0.2) is 9.79 Å². The topological polar surface area (TPSA) is 88.4 Å². The molecule has 0 saturated carbocycles. The third-order valence-electron chi connectivity index (χ3n) is 5.62. The lowest BCUT2D eigenvalue weighted by Gasteiger charge is -2.24. The zero-order valence-electron chi connectivity index (χ0n) is 18.9. The average molecular weight is 479 g/mol. The number of rotatable bonds is 5. The number of fused-ring (bicyclic) bond motifs is 2. The Kier molecular flexibility index (Phi) is 5.70. The molecule has 0 saturated heterocycles. The molecule has 8 nitrogen and oxygen atoms in total. The van der Waals surface area contributed by atoms with Crippen molar-refractivity contribution in [1.29, 1.82) is 0 Å². The van der Waals surface area contributed by atoms with Crippen LogP contribution in [0.25, 0.3) is 6.08 Å². The number of hydrogen-bond donors (Lipinski definition) is 0. The molecule has 34 heavy (non-hydrogen) atoms. The fourth-order valence-corrected chi connectivity index (χ4v) is 5.12. The van der Waals surface area contributed by atoms with E-state index in [0.29, 0.717) is 43.4 Å². The molecular formula is C25H22N2O6S. The fourth-order valence-electron chi connectivity index (χ4n) is 4.07. The van der Waals surface area contributed by atoms with Crippen molar-refractivity contribution in [3.63, 3.8) is 0 Å². The number of nitrogens with zero attached hydrogens (tertiary/aromatic N) is 2. The first-order chi connectivity index (χ1) is 16.5. The highest BCUT2D eigenvalue weighted by atomic mass is 32.1. The number of aromatic nitrogens is 1. The number of thiazole rings is 1. The Morgan fingerprint density at radius 2 is 2.06 bits per heavy atom.